The molecule has 1 heterocycles. The molecule has 0 saturated carbocycles. The molecule has 0 unspecified atom stereocenters. The van der Waals surface area contributed by atoms with Crippen LogP contribution in [-0.4, -0.2) is 10.9 Å². The summed E-state index contributed by atoms with van der Waals surface area (Å²) in [5, 5.41) is 2.52. The van der Waals surface area contributed by atoms with Crippen LogP contribution in [0.15, 0.2) is 24.4 Å². The molecule has 0 atom stereocenters. The fourth-order valence-electron chi connectivity index (χ4n) is 1.94. The maximum absolute atomic E-state index is 13.3. The highest BCUT2D eigenvalue weighted by Crippen LogP contribution is 2.19. The van der Waals surface area contributed by atoms with Gasteiger partial charge in [0.2, 0.25) is 0 Å². The van der Waals surface area contributed by atoms with Crippen LogP contribution in [0.25, 0.3) is 0 Å². The Morgan fingerprint density at radius 2 is 1.80 bits per heavy atom. The third-order valence-electron chi connectivity index (χ3n) is 2.90. The first-order valence-corrected chi connectivity index (χ1v) is 6.08. The standard InChI is InChI=1S/C15H14F2N2O/c1-8-4-10(3)14(18-7-8)15(20)19-11-5-9(2)13(17)12(16)6-11/h4-7H,1-3H3,(H,19,20). The van der Waals surface area contributed by atoms with E-state index in [1.807, 2.05) is 13.0 Å². The van der Waals surface area contributed by atoms with Crippen LogP contribution in [0, 0.1) is 32.4 Å². The first kappa shape index (κ1) is 14.1. The minimum atomic E-state index is -0.992. The van der Waals surface area contributed by atoms with Crippen molar-refractivity contribution in [2.24, 2.45) is 0 Å². The topological polar surface area (TPSA) is 42.0 Å². The molecule has 0 aliphatic carbocycles. The predicted molar refractivity (Wildman–Crippen MR) is 72.8 cm³/mol. The summed E-state index contributed by atoms with van der Waals surface area (Å²) >= 11 is 0. The van der Waals surface area contributed by atoms with Gasteiger partial charge in [0.1, 0.15) is 5.69 Å². The Kier molecular flexibility index (Phi) is 3.79. The summed E-state index contributed by atoms with van der Waals surface area (Å²) in [5.41, 5.74) is 2.27. The summed E-state index contributed by atoms with van der Waals surface area (Å²) in [7, 11) is 0. The first-order chi connectivity index (χ1) is 9.38. The zero-order valence-electron chi connectivity index (χ0n) is 11.4. The molecule has 1 aromatic carbocycles. The number of hydrogen-bond acceptors (Lipinski definition) is 2. The van der Waals surface area contributed by atoms with E-state index in [1.165, 1.54) is 13.0 Å². The van der Waals surface area contributed by atoms with Crippen molar-refractivity contribution in [1.29, 1.82) is 0 Å². The van der Waals surface area contributed by atoms with E-state index in [0.29, 0.717) is 0 Å². The summed E-state index contributed by atoms with van der Waals surface area (Å²) in [6.07, 6.45) is 1.58. The highest BCUT2D eigenvalue weighted by atomic mass is 19.2. The van der Waals surface area contributed by atoms with Gasteiger partial charge in [-0.2, -0.15) is 0 Å². The second-order valence-corrected chi connectivity index (χ2v) is 4.72. The smallest absolute Gasteiger partial charge is 0.274 e. The van der Waals surface area contributed by atoms with Crippen molar-refractivity contribution in [2.75, 3.05) is 5.32 Å². The Bertz CT molecular complexity index is 661. The van der Waals surface area contributed by atoms with Gasteiger partial charge in [0.05, 0.1) is 0 Å². The molecule has 2 aromatic rings. The van der Waals surface area contributed by atoms with E-state index in [9.17, 15) is 13.6 Å². The molecular weight excluding hydrogens is 262 g/mol. The van der Waals surface area contributed by atoms with Crippen molar-refractivity contribution < 1.29 is 13.6 Å². The third-order valence-corrected chi connectivity index (χ3v) is 2.90. The van der Waals surface area contributed by atoms with Crippen molar-refractivity contribution in [3.63, 3.8) is 0 Å². The van der Waals surface area contributed by atoms with Gasteiger partial charge in [-0.1, -0.05) is 6.07 Å². The normalized spacial score (nSPS) is 10.4. The molecule has 1 N–H and O–H groups in total. The van der Waals surface area contributed by atoms with E-state index in [-0.39, 0.29) is 16.9 Å². The number of carbonyl (C=O) groups is 1. The quantitative estimate of drug-likeness (QED) is 0.911. The van der Waals surface area contributed by atoms with Crippen LogP contribution < -0.4 is 5.32 Å². The number of benzene rings is 1. The number of rotatable bonds is 2. The summed E-state index contributed by atoms with van der Waals surface area (Å²) < 4.78 is 26.5. The van der Waals surface area contributed by atoms with Gasteiger partial charge in [-0.3, -0.25) is 9.78 Å². The lowest BCUT2D eigenvalue weighted by Crippen LogP contribution is -2.15. The Balaban J connectivity index is 2.28. The number of anilines is 1. The first-order valence-electron chi connectivity index (χ1n) is 6.08. The fourth-order valence-corrected chi connectivity index (χ4v) is 1.94. The number of aromatic nitrogens is 1. The number of halogens is 2. The molecule has 0 bridgehead atoms. The number of carbonyl (C=O) groups excluding carboxylic acids is 1. The lowest BCUT2D eigenvalue weighted by molar-refractivity contribution is 0.102. The van der Waals surface area contributed by atoms with Crippen molar-refractivity contribution in [3.8, 4) is 0 Å². The van der Waals surface area contributed by atoms with Crippen molar-refractivity contribution >= 4 is 11.6 Å². The number of aryl methyl sites for hydroxylation is 3. The molecule has 0 aliphatic rings. The lowest BCUT2D eigenvalue weighted by atomic mass is 10.1. The molecule has 5 heteroatoms. The van der Waals surface area contributed by atoms with Crippen LogP contribution in [0.2, 0.25) is 0 Å². The molecule has 0 radical (unpaired) electrons. The van der Waals surface area contributed by atoms with Crippen molar-refractivity contribution in [2.45, 2.75) is 20.8 Å². The van der Waals surface area contributed by atoms with Crippen LogP contribution >= 0.6 is 0 Å². The fraction of sp³-hybridized carbons (Fsp3) is 0.200. The zero-order valence-corrected chi connectivity index (χ0v) is 11.4. The van der Waals surface area contributed by atoms with Gasteiger partial charge in [-0.05, 0) is 43.5 Å². The lowest BCUT2D eigenvalue weighted by Gasteiger charge is -2.09. The number of hydrogen-bond donors (Lipinski definition) is 1. The SMILES string of the molecule is Cc1cnc(C(=O)Nc2cc(C)c(F)c(F)c2)c(C)c1. The van der Waals surface area contributed by atoms with Crippen LogP contribution in [-0.2, 0) is 0 Å². The van der Waals surface area contributed by atoms with Gasteiger partial charge in [0.25, 0.3) is 5.91 Å². The second kappa shape index (κ2) is 5.36. The second-order valence-electron chi connectivity index (χ2n) is 4.72. The molecule has 1 aromatic heterocycles. The number of nitrogens with zero attached hydrogens (tertiary/aromatic N) is 1. The molecule has 0 aliphatic heterocycles. The molecule has 0 saturated heterocycles. The number of nitrogens with one attached hydrogen (secondary N) is 1. The van der Waals surface area contributed by atoms with E-state index in [4.69, 9.17) is 0 Å². The average molecular weight is 276 g/mol. The average Bonchev–Trinajstić information content (AvgIpc) is 2.35. The van der Waals surface area contributed by atoms with Gasteiger partial charge in [-0.25, -0.2) is 8.78 Å². The third kappa shape index (κ3) is 2.82. The molecule has 1 amide bonds. The van der Waals surface area contributed by atoms with E-state index in [2.05, 4.69) is 10.3 Å². The van der Waals surface area contributed by atoms with Gasteiger partial charge < -0.3 is 5.32 Å². The van der Waals surface area contributed by atoms with Crippen LogP contribution in [0.1, 0.15) is 27.2 Å². The molecule has 0 spiro atoms. The molecule has 0 fully saturated rings. The monoisotopic (exact) mass is 276 g/mol. The summed E-state index contributed by atoms with van der Waals surface area (Å²) in [6.45, 7) is 5.08. The van der Waals surface area contributed by atoms with Crippen LogP contribution in [0.3, 0.4) is 0 Å². The Morgan fingerprint density at radius 3 is 2.40 bits per heavy atom. The van der Waals surface area contributed by atoms with E-state index >= 15 is 0 Å². The van der Waals surface area contributed by atoms with Crippen LogP contribution in [0.4, 0.5) is 14.5 Å². The Hall–Kier alpha value is -2.30. The molecule has 3 nitrogen and oxygen atoms in total. The molecule has 20 heavy (non-hydrogen) atoms. The van der Waals surface area contributed by atoms with Crippen LogP contribution in [0.5, 0.6) is 0 Å². The van der Waals surface area contributed by atoms with E-state index in [0.717, 1.165) is 17.2 Å². The van der Waals surface area contributed by atoms with Gasteiger partial charge in [0.15, 0.2) is 11.6 Å². The molecule has 2 rings (SSSR count). The maximum Gasteiger partial charge on any atom is 0.274 e. The minimum absolute atomic E-state index is 0.133. The van der Waals surface area contributed by atoms with E-state index < -0.39 is 17.5 Å². The Morgan fingerprint density at radius 1 is 1.10 bits per heavy atom. The maximum atomic E-state index is 13.3. The molecular formula is C15H14F2N2O. The zero-order chi connectivity index (χ0) is 14.9. The number of amides is 1. The predicted octanol–water partition coefficient (Wildman–Crippen LogP) is 3.54. The summed E-state index contributed by atoms with van der Waals surface area (Å²) in [4.78, 5) is 16.1. The minimum Gasteiger partial charge on any atom is -0.321 e. The summed E-state index contributed by atoms with van der Waals surface area (Å²) in [5.74, 6) is -2.35. The van der Waals surface area contributed by atoms with Crippen molar-refractivity contribution in [1.82, 2.24) is 4.98 Å². The van der Waals surface area contributed by atoms with Gasteiger partial charge in [0, 0.05) is 18.0 Å². The summed E-state index contributed by atoms with van der Waals surface area (Å²) in [6, 6.07) is 4.15. The highest BCUT2D eigenvalue weighted by Gasteiger charge is 2.13. The number of pyridine rings is 1. The highest BCUT2D eigenvalue weighted by molar-refractivity contribution is 6.03. The molecule has 104 valence electrons. The van der Waals surface area contributed by atoms with Gasteiger partial charge in [-0.15, -0.1) is 0 Å². The van der Waals surface area contributed by atoms with Gasteiger partial charge >= 0.3 is 0 Å². The largest absolute Gasteiger partial charge is 0.321 e. The van der Waals surface area contributed by atoms with Crippen molar-refractivity contribution in [3.05, 3.63) is 58.4 Å². The van der Waals surface area contributed by atoms with E-state index in [1.54, 1.807) is 13.1 Å². The Labute approximate surface area is 115 Å².